The van der Waals surface area contributed by atoms with E-state index in [2.05, 4.69) is 0 Å². The average molecular weight is 230 g/mol. The van der Waals surface area contributed by atoms with Crippen molar-refractivity contribution in [1.82, 2.24) is 0 Å². The maximum absolute atomic E-state index is 13.6. The SMILES string of the molecule is CCOc1cc(F)c(C2(O)COC2)c(F)c1. The van der Waals surface area contributed by atoms with Crippen molar-refractivity contribution in [2.75, 3.05) is 19.8 Å². The molecule has 0 aliphatic carbocycles. The summed E-state index contributed by atoms with van der Waals surface area (Å²) in [5.41, 5.74) is -1.89. The van der Waals surface area contributed by atoms with Gasteiger partial charge in [0, 0.05) is 12.1 Å². The first-order chi connectivity index (χ1) is 7.57. The van der Waals surface area contributed by atoms with Crippen LogP contribution in [0.5, 0.6) is 5.75 Å². The van der Waals surface area contributed by atoms with E-state index >= 15 is 0 Å². The number of ether oxygens (including phenoxy) is 2. The highest BCUT2D eigenvalue weighted by atomic mass is 19.1. The topological polar surface area (TPSA) is 38.7 Å². The maximum Gasteiger partial charge on any atom is 0.142 e. The van der Waals surface area contributed by atoms with Crippen molar-refractivity contribution in [3.63, 3.8) is 0 Å². The average Bonchev–Trinajstić information content (AvgIpc) is 2.14. The minimum atomic E-state index is -1.54. The molecule has 3 nitrogen and oxygen atoms in total. The zero-order valence-corrected chi connectivity index (χ0v) is 8.80. The van der Waals surface area contributed by atoms with Gasteiger partial charge in [-0.2, -0.15) is 0 Å². The zero-order valence-electron chi connectivity index (χ0n) is 8.80. The van der Waals surface area contributed by atoms with Crippen LogP contribution in [0.4, 0.5) is 8.78 Å². The number of halogens is 2. The maximum atomic E-state index is 13.6. The molecule has 1 saturated heterocycles. The third-order valence-corrected chi connectivity index (χ3v) is 2.47. The van der Waals surface area contributed by atoms with Gasteiger partial charge in [0.2, 0.25) is 0 Å². The Morgan fingerprint density at radius 3 is 2.31 bits per heavy atom. The van der Waals surface area contributed by atoms with Crippen molar-refractivity contribution in [1.29, 1.82) is 0 Å². The summed E-state index contributed by atoms with van der Waals surface area (Å²) in [4.78, 5) is 0. The summed E-state index contributed by atoms with van der Waals surface area (Å²) in [6.07, 6.45) is 0. The number of benzene rings is 1. The molecule has 1 N–H and O–H groups in total. The van der Waals surface area contributed by atoms with Gasteiger partial charge in [-0.3, -0.25) is 0 Å². The summed E-state index contributed by atoms with van der Waals surface area (Å²) < 4.78 is 37.0. The molecule has 0 radical (unpaired) electrons. The lowest BCUT2D eigenvalue weighted by molar-refractivity contribution is -0.187. The molecule has 0 aromatic heterocycles. The fourth-order valence-corrected chi connectivity index (χ4v) is 1.68. The van der Waals surface area contributed by atoms with Gasteiger partial charge in [-0.1, -0.05) is 0 Å². The Kier molecular flexibility index (Phi) is 2.82. The first-order valence-electron chi connectivity index (χ1n) is 4.99. The monoisotopic (exact) mass is 230 g/mol. The van der Waals surface area contributed by atoms with Crippen LogP contribution in [0.25, 0.3) is 0 Å². The van der Waals surface area contributed by atoms with Crippen LogP contribution < -0.4 is 4.74 Å². The van der Waals surface area contributed by atoms with Gasteiger partial charge in [-0.15, -0.1) is 0 Å². The van der Waals surface area contributed by atoms with Crippen molar-refractivity contribution in [2.24, 2.45) is 0 Å². The molecule has 1 fully saturated rings. The van der Waals surface area contributed by atoms with Gasteiger partial charge in [0.25, 0.3) is 0 Å². The van der Waals surface area contributed by atoms with Gasteiger partial charge in [0.05, 0.1) is 25.4 Å². The van der Waals surface area contributed by atoms with Crippen molar-refractivity contribution in [3.8, 4) is 5.75 Å². The van der Waals surface area contributed by atoms with Crippen molar-refractivity contribution in [3.05, 3.63) is 29.3 Å². The van der Waals surface area contributed by atoms with E-state index in [1.165, 1.54) is 0 Å². The van der Waals surface area contributed by atoms with Gasteiger partial charge >= 0.3 is 0 Å². The number of aliphatic hydroxyl groups is 1. The molecule has 1 aliphatic heterocycles. The first-order valence-corrected chi connectivity index (χ1v) is 4.99. The second kappa shape index (κ2) is 3.99. The standard InChI is InChI=1S/C11H12F2O3/c1-2-16-7-3-8(12)10(9(13)4-7)11(14)5-15-6-11/h3-4,14H,2,5-6H2,1H3. The number of hydrogen-bond acceptors (Lipinski definition) is 3. The fourth-order valence-electron chi connectivity index (χ4n) is 1.68. The highest BCUT2D eigenvalue weighted by Gasteiger charge is 2.42. The summed E-state index contributed by atoms with van der Waals surface area (Å²) in [7, 11) is 0. The number of rotatable bonds is 3. The molecule has 1 aromatic rings. The van der Waals surface area contributed by atoms with Crippen molar-refractivity contribution < 1.29 is 23.4 Å². The lowest BCUT2D eigenvalue weighted by Crippen LogP contribution is -2.47. The Hall–Kier alpha value is -1.20. The highest BCUT2D eigenvalue weighted by Crippen LogP contribution is 2.34. The lowest BCUT2D eigenvalue weighted by Gasteiger charge is -2.37. The van der Waals surface area contributed by atoms with Gasteiger partial charge in [-0.25, -0.2) is 8.78 Å². The Bertz CT molecular complexity index is 379. The summed E-state index contributed by atoms with van der Waals surface area (Å²) in [5.74, 6) is -1.51. The van der Waals surface area contributed by atoms with E-state index in [1.54, 1.807) is 6.92 Å². The van der Waals surface area contributed by atoms with Crippen LogP contribution in [0.3, 0.4) is 0 Å². The molecule has 0 atom stereocenters. The van der Waals surface area contributed by atoms with Gasteiger partial charge < -0.3 is 14.6 Å². The van der Waals surface area contributed by atoms with E-state index < -0.39 is 17.2 Å². The first kappa shape index (κ1) is 11.3. The molecule has 1 aromatic carbocycles. The molecule has 1 aliphatic rings. The quantitative estimate of drug-likeness (QED) is 0.856. The van der Waals surface area contributed by atoms with E-state index in [0.29, 0.717) is 6.61 Å². The van der Waals surface area contributed by atoms with Crippen molar-refractivity contribution >= 4 is 0 Å². The predicted octanol–water partition coefficient (Wildman–Crippen LogP) is 1.58. The zero-order chi connectivity index (χ0) is 11.8. The highest BCUT2D eigenvalue weighted by molar-refractivity contribution is 5.35. The molecule has 88 valence electrons. The second-order valence-corrected chi connectivity index (χ2v) is 3.72. The van der Waals surface area contributed by atoms with E-state index in [1.807, 2.05) is 0 Å². The Morgan fingerprint density at radius 2 is 1.94 bits per heavy atom. The smallest absolute Gasteiger partial charge is 0.142 e. The predicted molar refractivity (Wildman–Crippen MR) is 52.2 cm³/mol. The van der Waals surface area contributed by atoms with Crippen LogP contribution in [-0.4, -0.2) is 24.9 Å². The summed E-state index contributed by atoms with van der Waals surface area (Å²) in [6.45, 7) is 1.87. The molecule has 0 spiro atoms. The minimum absolute atomic E-state index is 0.0885. The van der Waals surface area contributed by atoms with Crippen LogP contribution in [0, 0.1) is 11.6 Å². The molecule has 16 heavy (non-hydrogen) atoms. The van der Waals surface area contributed by atoms with Gasteiger partial charge in [-0.05, 0) is 6.92 Å². The summed E-state index contributed by atoms with van der Waals surface area (Å²) >= 11 is 0. The normalized spacial score (nSPS) is 18.0. The third kappa shape index (κ3) is 1.76. The largest absolute Gasteiger partial charge is 0.494 e. The van der Waals surface area contributed by atoms with E-state index in [-0.39, 0.29) is 24.5 Å². The molecular weight excluding hydrogens is 218 g/mol. The van der Waals surface area contributed by atoms with E-state index in [9.17, 15) is 13.9 Å². The third-order valence-electron chi connectivity index (χ3n) is 2.47. The minimum Gasteiger partial charge on any atom is -0.494 e. The lowest BCUT2D eigenvalue weighted by atomic mass is 9.91. The Balaban J connectivity index is 2.39. The summed E-state index contributed by atoms with van der Waals surface area (Å²) in [6, 6.07) is 2.14. The van der Waals surface area contributed by atoms with E-state index in [0.717, 1.165) is 12.1 Å². The number of hydrogen-bond donors (Lipinski definition) is 1. The second-order valence-electron chi connectivity index (χ2n) is 3.72. The molecule has 1 heterocycles. The van der Waals surface area contributed by atoms with Crippen LogP contribution in [0.2, 0.25) is 0 Å². The van der Waals surface area contributed by atoms with Crippen molar-refractivity contribution in [2.45, 2.75) is 12.5 Å². The van der Waals surface area contributed by atoms with Gasteiger partial charge in [0.1, 0.15) is 23.0 Å². The molecule has 0 saturated carbocycles. The van der Waals surface area contributed by atoms with Crippen LogP contribution in [0.15, 0.2) is 12.1 Å². The Labute approximate surface area is 91.6 Å². The molecule has 0 unspecified atom stereocenters. The van der Waals surface area contributed by atoms with Crippen LogP contribution in [-0.2, 0) is 10.3 Å². The Morgan fingerprint density at radius 1 is 1.38 bits per heavy atom. The summed E-state index contributed by atoms with van der Waals surface area (Å²) in [5, 5.41) is 9.82. The molecule has 2 rings (SSSR count). The molecular formula is C11H12F2O3. The van der Waals surface area contributed by atoms with Crippen LogP contribution in [0.1, 0.15) is 12.5 Å². The molecule has 5 heteroatoms. The fraction of sp³-hybridized carbons (Fsp3) is 0.455. The van der Waals surface area contributed by atoms with Crippen LogP contribution >= 0.6 is 0 Å². The molecule has 0 amide bonds. The van der Waals surface area contributed by atoms with E-state index in [4.69, 9.17) is 9.47 Å². The molecule has 0 bridgehead atoms. The van der Waals surface area contributed by atoms with Gasteiger partial charge in [0.15, 0.2) is 0 Å².